The molecule has 0 heterocycles. The highest BCUT2D eigenvalue weighted by molar-refractivity contribution is 5.91. The molecular formula is C20H41NO2. The van der Waals surface area contributed by atoms with Gasteiger partial charge in [0.25, 0.3) is 0 Å². The summed E-state index contributed by atoms with van der Waals surface area (Å²) in [4.78, 5) is 0. The summed E-state index contributed by atoms with van der Waals surface area (Å²) < 4.78 is 0. The molecule has 0 saturated carbocycles. The number of hydrogen-bond donors (Lipinski definition) is 2. The Balaban J connectivity index is 4.95. The Kier molecular flexibility index (Phi) is 13.5. The van der Waals surface area contributed by atoms with Crippen LogP contribution in [0.15, 0.2) is 5.16 Å². The second-order valence-electron chi connectivity index (χ2n) is 7.11. The molecule has 0 saturated heterocycles. The maximum atomic E-state index is 11.3. The molecule has 0 spiro atoms. The van der Waals surface area contributed by atoms with E-state index in [4.69, 9.17) is 0 Å². The Morgan fingerprint density at radius 1 is 0.913 bits per heavy atom. The third-order valence-corrected chi connectivity index (χ3v) is 5.04. The van der Waals surface area contributed by atoms with Gasteiger partial charge in [0.1, 0.15) is 5.60 Å². The number of oxime groups is 1. The van der Waals surface area contributed by atoms with Gasteiger partial charge >= 0.3 is 0 Å². The van der Waals surface area contributed by atoms with Crippen LogP contribution in [0.5, 0.6) is 0 Å². The van der Waals surface area contributed by atoms with Crippen LogP contribution in [-0.2, 0) is 0 Å². The van der Waals surface area contributed by atoms with Crippen LogP contribution in [0.4, 0.5) is 0 Å². The van der Waals surface area contributed by atoms with Crippen molar-refractivity contribution in [1.29, 1.82) is 0 Å². The van der Waals surface area contributed by atoms with Gasteiger partial charge in [0.2, 0.25) is 0 Å². The van der Waals surface area contributed by atoms with E-state index < -0.39 is 5.60 Å². The third-order valence-electron chi connectivity index (χ3n) is 5.04. The molecule has 0 bridgehead atoms. The molecule has 2 atom stereocenters. The highest BCUT2D eigenvalue weighted by atomic mass is 16.4. The highest BCUT2D eigenvalue weighted by Crippen LogP contribution is 2.31. The predicted octanol–water partition coefficient (Wildman–Crippen LogP) is 6.31. The van der Waals surface area contributed by atoms with Crippen molar-refractivity contribution in [2.45, 2.75) is 117 Å². The lowest BCUT2D eigenvalue weighted by Gasteiger charge is -2.33. The number of hydrogen-bond acceptors (Lipinski definition) is 3. The molecule has 0 aliphatic heterocycles. The van der Waals surface area contributed by atoms with Gasteiger partial charge in [0.15, 0.2) is 0 Å². The zero-order valence-electron chi connectivity index (χ0n) is 16.1. The first-order valence-corrected chi connectivity index (χ1v) is 10.0. The Hall–Kier alpha value is -0.570. The topological polar surface area (TPSA) is 52.8 Å². The van der Waals surface area contributed by atoms with Gasteiger partial charge in [-0.05, 0) is 31.6 Å². The molecule has 23 heavy (non-hydrogen) atoms. The van der Waals surface area contributed by atoms with E-state index in [9.17, 15) is 10.3 Å². The minimum Gasteiger partial charge on any atom is -0.411 e. The van der Waals surface area contributed by atoms with Crippen molar-refractivity contribution in [3.05, 3.63) is 0 Å². The van der Waals surface area contributed by atoms with Crippen molar-refractivity contribution in [2.24, 2.45) is 11.1 Å². The van der Waals surface area contributed by atoms with E-state index in [0.29, 0.717) is 11.6 Å². The van der Waals surface area contributed by atoms with Crippen LogP contribution in [0.1, 0.15) is 111 Å². The maximum absolute atomic E-state index is 11.3. The largest absolute Gasteiger partial charge is 0.411 e. The van der Waals surface area contributed by atoms with Crippen LogP contribution in [0.2, 0.25) is 0 Å². The van der Waals surface area contributed by atoms with Gasteiger partial charge in [-0.15, -0.1) is 0 Å². The van der Waals surface area contributed by atoms with Gasteiger partial charge < -0.3 is 10.3 Å². The van der Waals surface area contributed by atoms with Crippen molar-refractivity contribution in [1.82, 2.24) is 0 Å². The second-order valence-corrected chi connectivity index (χ2v) is 7.11. The van der Waals surface area contributed by atoms with Gasteiger partial charge in [0.05, 0.1) is 5.71 Å². The van der Waals surface area contributed by atoms with Crippen molar-refractivity contribution in [2.75, 3.05) is 0 Å². The van der Waals surface area contributed by atoms with Crippen LogP contribution < -0.4 is 0 Å². The molecule has 0 fully saturated rings. The molecule has 2 unspecified atom stereocenters. The van der Waals surface area contributed by atoms with E-state index in [1.54, 1.807) is 0 Å². The van der Waals surface area contributed by atoms with Gasteiger partial charge in [0, 0.05) is 0 Å². The molecule has 0 rings (SSSR count). The summed E-state index contributed by atoms with van der Waals surface area (Å²) in [6, 6.07) is 0. The Bertz CT molecular complexity index is 304. The molecule has 0 amide bonds. The zero-order valence-corrected chi connectivity index (χ0v) is 16.1. The highest BCUT2D eigenvalue weighted by Gasteiger charge is 2.35. The van der Waals surface area contributed by atoms with E-state index in [2.05, 4.69) is 32.9 Å². The molecular weight excluding hydrogens is 286 g/mol. The van der Waals surface area contributed by atoms with Crippen LogP contribution in [0, 0.1) is 5.92 Å². The average molecular weight is 328 g/mol. The lowest BCUT2D eigenvalue weighted by atomic mass is 9.78. The fraction of sp³-hybridized carbons (Fsp3) is 0.950. The molecule has 2 N–H and O–H groups in total. The number of aliphatic hydroxyl groups is 1. The molecule has 0 aromatic rings. The molecule has 3 heteroatoms. The molecule has 0 aromatic carbocycles. The Labute approximate surface area is 144 Å². The summed E-state index contributed by atoms with van der Waals surface area (Å²) >= 11 is 0. The van der Waals surface area contributed by atoms with Crippen LogP contribution >= 0.6 is 0 Å². The minimum atomic E-state index is -0.911. The normalized spacial score (nSPS) is 16.3. The molecule has 0 aromatic heterocycles. The van der Waals surface area contributed by atoms with Gasteiger partial charge in [-0.3, -0.25) is 0 Å². The standard InChI is InChI=1S/C20H41NO2/c1-5-9-12-15-19(21-23)20(22,16-13-10-6-2)17-18(8-4)14-11-7-3/h18,22-23H,5-17H2,1-4H3. The maximum Gasteiger partial charge on any atom is 0.106 e. The first-order valence-electron chi connectivity index (χ1n) is 10.0. The Morgan fingerprint density at radius 2 is 1.52 bits per heavy atom. The molecule has 0 aliphatic rings. The SMILES string of the molecule is CCCCCC(=NO)C(O)(CCCCC)CC(CC)CCCC. The van der Waals surface area contributed by atoms with E-state index in [1.165, 1.54) is 12.8 Å². The second kappa shape index (κ2) is 13.8. The summed E-state index contributed by atoms with van der Waals surface area (Å²) in [5.74, 6) is 0.518. The van der Waals surface area contributed by atoms with Crippen molar-refractivity contribution < 1.29 is 10.3 Å². The number of rotatable bonds is 15. The summed E-state index contributed by atoms with van der Waals surface area (Å²) in [5.41, 5.74) is -0.288. The number of nitrogens with zero attached hydrogens (tertiary/aromatic N) is 1. The average Bonchev–Trinajstić information content (AvgIpc) is 2.55. The fourth-order valence-electron chi connectivity index (χ4n) is 3.37. The monoisotopic (exact) mass is 327 g/mol. The minimum absolute atomic E-state index is 0.518. The van der Waals surface area contributed by atoms with Gasteiger partial charge in [-0.1, -0.05) is 90.6 Å². The Morgan fingerprint density at radius 3 is 2.04 bits per heavy atom. The molecule has 138 valence electrons. The zero-order chi connectivity index (χ0) is 17.6. The van der Waals surface area contributed by atoms with Crippen molar-refractivity contribution >= 4 is 5.71 Å². The van der Waals surface area contributed by atoms with Crippen LogP contribution in [0.25, 0.3) is 0 Å². The summed E-state index contributed by atoms with van der Waals surface area (Å²) in [6.07, 6.45) is 13.4. The predicted molar refractivity (Wildman–Crippen MR) is 100 cm³/mol. The number of unbranched alkanes of at least 4 members (excludes halogenated alkanes) is 5. The van der Waals surface area contributed by atoms with Crippen LogP contribution in [-0.4, -0.2) is 21.6 Å². The summed E-state index contributed by atoms with van der Waals surface area (Å²) in [7, 11) is 0. The first-order chi connectivity index (χ1) is 11.1. The lowest BCUT2D eigenvalue weighted by molar-refractivity contribution is 0.0624. The van der Waals surface area contributed by atoms with Crippen molar-refractivity contribution in [3.8, 4) is 0 Å². The van der Waals surface area contributed by atoms with Crippen molar-refractivity contribution in [3.63, 3.8) is 0 Å². The first kappa shape index (κ1) is 22.4. The molecule has 0 aliphatic carbocycles. The van der Waals surface area contributed by atoms with Gasteiger partial charge in [-0.2, -0.15) is 0 Å². The van der Waals surface area contributed by atoms with Crippen LogP contribution in [0.3, 0.4) is 0 Å². The molecule has 0 radical (unpaired) electrons. The quantitative estimate of drug-likeness (QED) is 0.160. The summed E-state index contributed by atoms with van der Waals surface area (Å²) in [6.45, 7) is 8.77. The smallest absolute Gasteiger partial charge is 0.106 e. The van der Waals surface area contributed by atoms with E-state index in [-0.39, 0.29) is 0 Å². The van der Waals surface area contributed by atoms with Gasteiger partial charge in [-0.25, -0.2) is 0 Å². The fourth-order valence-corrected chi connectivity index (χ4v) is 3.37. The van der Waals surface area contributed by atoms with E-state index in [0.717, 1.165) is 70.6 Å². The molecule has 3 nitrogen and oxygen atoms in total. The summed E-state index contributed by atoms with van der Waals surface area (Å²) in [5, 5.41) is 24.4. The lowest BCUT2D eigenvalue weighted by Crippen LogP contribution is -2.41. The van der Waals surface area contributed by atoms with E-state index >= 15 is 0 Å². The van der Waals surface area contributed by atoms with E-state index in [1.807, 2.05) is 0 Å². The third kappa shape index (κ3) is 9.34.